The molecule has 0 aliphatic rings. The van der Waals surface area contributed by atoms with Gasteiger partial charge in [-0.1, -0.05) is 25.1 Å². The first-order chi connectivity index (χ1) is 8.67. The molecular weight excluding hydrogens is 228 g/mol. The van der Waals surface area contributed by atoms with E-state index < -0.39 is 0 Å². The lowest BCUT2D eigenvalue weighted by atomic mass is 10.1. The van der Waals surface area contributed by atoms with Gasteiger partial charge in [0.15, 0.2) is 5.69 Å². The molecule has 92 valence electrons. The van der Waals surface area contributed by atoms with Crippen molar-refractivity contribution in [3.8, 4) is 17.5 Å². The summed E-state index contributed by atoms with van der Waals surface area (Å²) >= 11 is 0. The van der Waals surface area contributed by atoms with Crippen molar-refractivity contribution in [2.45, 2.75) is 19.8 Å². The Kier molecular flexibility index (Phi) is 3.28. The molecule has 2 aromatic rings. The summed E-state index contributed by atoms with van der Waals surface area (Å²) in [5.41, 5.74) is 2.02. The van der Waals surface area contributed by atoms with Crippen molar-refractivity contribution in [1.29, 1.82) is 5.26 Å². The lowest BCUT2D eigenvalue weighted by Gasteiger charge is -2.10. The van der Waals surface area contributed by atoms with Crippen molar-refractivity contribution in [2.24, 2.45) is 0 Å². The van der Waals surface area contributed by atoms with Gasteiger partial charge in [0.2, 0.25) is 0 Å². The fraction of sp³-hybridized carbons (Fsp3) is 0.308. The molecule has 5 heteroatoms. The second-order valence-electron chi connectivity index (χ2n) is 4.20. The van der Waals surface area contributed by atoms with Gasteiger partial charge >= 0.3 is 0 Å². The van der Waals surface area contributed by atoms with Crippen molar-refractivity contribution >= 4 is 0 Å². The van der Waals surface area contributed by atoms with E-state index in [1.807, 2.05) is 38.1 Å². The fourth-order valence-electron chi connectivity index (χ4n) is 1.82. The highest BCUT2D eigenvalue weighted by molar-refractivity contribution is 5.42. The van der Waals surface area contributed by atoms with Gasteiger partial charge in [-0.2, -0.15) is 5.26 Å². The normalized spacial score (nSPS) is 10.4. The van der Waals surface area contributed by atoms with Crippen LogP contribution in [0.3, 0.4) is 0 Å². The molecule has 0 unspecified atom stereocenters. The number of hydrogen-bond donors (Lipinski definition) is 0. The van der Waals surface area contributed by atoms with Crippen molar-refractivity contribution in [3.05, 3.63) is 35.7 Å². The van der Waals surface area contributed by atoms with Crippen LogP contribution in [-0.4, -0.2) is 22.1 Å². The summed E-state index contributed by atoms with van der Waals surface area (Å²) in [7, 11) is 1.62. The number of nitrogens with zero attached hydrogens (tertiary/aromatic N) is 4. The second-order valence-corrected chi connectivity index (χ2v) is 4.20. The number of ether oxygens (including phenoxy) is 1. The molecule has 0 aliphatic carbocycles. The highest BCUT2D eigenvalue weighted by Crippen LogP contribution is 2.23. The Morgan fingerprint density at radius 1 is 1.39 bits per heavy atom. The first kappa shape index (κ1) is 12.1. The zero-order valence-electron chi connectivity index (χ0n) is 10.6. The van der Waals surface area contributed by atoms with Crippen LogP contribution in [0.4, 0.5) is 0 Å². The minimum atomic E-state index is 0.167. The molecule has 0 aliphatic heterocycles. The maximum absolute atomic E-state index is 9.04. The van der Waals surface area contributed by atoms with E-state index >= 15 is 0 Å². The SMILES string of the molecule is COc1cccc(-n2nnc(C#N)c2C(C)C)c1. The van der Waals surface area contributed by atoms with Crippen LogP contribution in [0.2, 0.25) is 0 Å². The largest absolute Gasteiger partial charge is 0.497 e. The van der Waals surface area contributed by atoms with Gasteiger partial charge in [-0.15, -0.1) is 5.10 Å². The minimum absolute atomic E-state index is 0.167. The van der Waals surface area contributed by atoms with Gasteiger partial charge in [-0.25, -0.2) is 4.68 Å². The van der Waals surface area contributed by atoms with Gasteiger partial charge in [-0.3, -0.25) is 0 Å². The van der Waals surface area contributed by atoms with Crippen LogP contribution in [0.5, 0.6) is 5.75 Å². The van der Waals surface area contributed by atoms with Crippen LogP contribution in [0.25, 0.3) is 5.69 Å². The van der Waals surface area contributed by atoms with Crippen LogP contribution in [0, 0.1) is 11.3 Å². The number of benzene rings is 1. The zero-order valence-corrected chi connectivity index (χ0v) is 10.6. The lowest BCUT2D eigenvalue weighted by molar-refractivity contribution is 0.414. The van der Waals surface area contributed by atoms with E-state index in [-0.39, 0.29) is 5.92 Å². The maximum atomic E-state index is 9.04. The van der Waals surface area contributed by atoms with Crippen LogP contribution in [-0.2, 0) is 0 Å². The van der Waals surface area contributed by atoms with Gasteiger partial charge in [0.1, 0.15) is 11.8 Å². The Morgan fingerprint density at radius 2 is 2.17 bits per heavy atom. The lowest BCUT2D eigenvalue weighted by Crippen LogP contribution is -2.05. The van der Waals surface area contributed by atoms with Gasteiger partial charge in [0, 0.05) is 6.07 Å². The summed E-state index contributed by atoms with van der Waals surface area (Å²) in [6, 6.07) is 9.58. The Labute approximate surface area is 106 Å². The van der Waals surface area contributed by atoms with E-state index in [9.17, 15) is 0 Å². The number of hydrogen-bond acceptors (Lipinski definition) is 4. The van der Waals surface area contributed by atoms with Gasteiger partial charge in [0.05, 0.1) is 18.5 Å². The van der Waals surface area contributed by atoms with Crippen LogP contribution < -0.4 is 4.74 Å². The average Bonchev–Trinajstić information content (AvgIpc) is 2.82. The maximum Gasteiger partial charge on any atom is 0.186 e. The Morgan fingerprint density at radius 3 is 2.78 bits per heavy atom. The Hall–Kier alpha value is -2.35. The molecule has 0 fully saturated rings. The average molecular weight is 242 g/mol. The third-order valence-corrected chi connectivity index (χ3v) is 2.66. The molecule has 0 spiro atoms. The van der Waals surface area contributed by atoms with Crippen molar-refractivity contribution in [1.82, 2.24) is 15.0 Å². The smallest absolute Gasteiger partial charge is 0.186 e. The standard InChI is InChI=1S/C13H14N4O/c1-9(2)13-12(8-14)15-16-17(13)10-5-4-6-11(7-10)18-3/h4-7,9H,1-3H3. The minimum Gasteiger partial charge on any atom is -0.497 e. The second kappa shape index (κ2) is 4.88. The predicted octanol–water partition coefficient (Wildman–Crippen LogP) is 2.27. The molecule has 18 heavy (non-hydrogen) atoms. The summed E-state index contributed by atoms with van der Waals surface area (Å²) in [6.45, 7) is 4.02. The zero-order chi connectivity index (χ0) is 13.1. The highest BCUT2D eigenvalue weighted by Gasteiger charge is 2.17. The number of nitriles is 1. The van der Waals surface area contributed by atoms with Crippen LogP contribution in [0.15, 0.2) is 24.3 Å². The van der Waals surface area contributed by atoms with E-state index in [0.717, 1.165) is 17.1 Å². The predicted molar refractivity (Wildman–Crippen MR) is 66.7 cm³/mol. The highest BCUT2D eigenvalue weighted by atomic mass is 16.5. The summed E-state index contributed by atoms with van der Waals surface area (Å²) in [5.74, 6) is 0.914. The Bertz CT molecular complexity index is 595. The van der Waals surface area contributed by atoms with Gasteiger partial charge in [0.25, 0.3) is 0 Å². The third kappa shape index (κ3) is 2.05. The summed E-state index contributed by atoms with van der Waals surface area (Å²) < 4.78 is 6.87. The molecule has 0 atom stereocenters. The van der Waals surface area contributed by atoms with E-state index in [0.29, 0.717) is 5.69 Å². The van der Waals surface area contributed by atoms with Crippen LogP contribution in [0.1, 0.15) is 31.2 Å². The molecule has 5 nitrogen and oxygen atoms in total. The van der Waals surface area contributed by atoms with Crippen molar-refractivity contribution in [2.75, 3.05) is 7.11 Å². The number of methoxy groups -OCH3 is 1. The topological polar surface area (TPSA) is 63.7 Å². The molecule has 1 aromatic heterocycles. The quantitative estimate of drug-likeness (QED) is 0.828. The Balaban J connectivity index is 2.57. The molecule has 0 saturated heterocycles. The van der Waals surface area contributed by atoms with Gasteiger partial charge in [-0.05, 0) is 18.1 Å². The molecule has 0 saturated carbocycles. The molecule has 0 bridgehead atoms. The van der Waals surface area contributed by atoms with Crippen LogP contribution >= 0.6 is 0 Å². The van der Waals surface area contributed by atoms with E-state index in [1.165, 1.54) is 0 Å². The van der Waals surface area contributed by atoms with Crippen molar-refractivity contribution in [3.63, 3.8) is 0 Å². The number of aromatic nitrogens is 3. The monoisotopic (exact) mass is 242 g/mol. The molecule has 0 radical (unpaired) electrons. The molecule has 0 amide bonds. The van der Waals surface area contributed by atoms with E-state index in [4.69, 9.17) is 10.00 Å². The molecule has 0 N–H and O–H groups in total. The molecule has 1 aromatic carbocycles. The molecule has 1 heterocycles. The number of rotatable bonds is 3. The first-order valence-corrected chi connectivity index (χ1v) is 5.67. The van der Waals surface area contributed by atoms with E-state index in [2.05, 4.69) is 16.4 Å². The van der Waals surface area contributed by atoms with Crippen molar-refractivity contribution < 1.29 is 4.74 Å². The summed E-state index contributed by atoms with van der Waals surface area (Å²) in [5, 5.41) is 17.0. The first-order valence-electron chi connectivity index (χ1n) is 5.67. The van der Waals surface area contributed by atoms with E-state index in [1.54, 1.807) is 11.8 Å². The third-order valence-electron chi connectivity index (χ3n) is 2.66. The summed E-state index contributed by atoms with van der Waals surface area (Å²) in [4.78, 5) is 0. The fourth-order valence-corrected chi connectivity index (χ4v) is 1.82. The van der Waals surface area contributed by atoms with Gasteiger partial charge < -0.3 is 4.74 Å². The molecule has 2 rings (SSSR count). The summed E-state index contributed by atoms with van der Waals surface area (Å²) in [6.07, 6.45) is 0. The molecular formula is C13H14N4O.